The first-order valence-corrected chi connectivity index (χ1v) is 16.7. The van der Waals surface area contributed by atoms with Crippen molar-refractivity contribution >= 4 is 103 Å². The van der Waals surface area contributed by atoms with Crippen molar-refractivity contribution in [2.75, 3.05) is 38.3 Å². The number of hydrogen-bond donors (Lipinski definition) is 4. The molecule has 0 aliphatic heterocycles. The topological polar surface area (TPSA) is 204 Å². The van der Waals surface area contributed by atoms with E-state index in [1.807, 2.05) is 0 Å². The lowest BCUT2D eigenvalue weighted by atomic mass is 10.3. The molecule has 4 aromatic heterocycles. The molecule has 0 aliphatic carbocycles. The molecule has 16 nitrogen and oxygen atoms in total. The van der Waals surface area contributed by atoms with E-state index in [0.29, 0.717) is 48.7 Å². The Kier molecular flexibility index (Phi) is 11.7. The SMILES string of the molecule is CC(=O)Nn1c(Cc2csc(NC(=O)CCl)n2)nnc1SCSc1nnc(Cc2csc(NC(=O)CCl)n2)n1NC(C)=O. The third-order valence-corrected chi connectivity index (χ3v) is 8.92. The van der Waals surface area contributed by atoms with Crippen LogP contribution in [0.1, 0.15) is 36.9 Å². The van der Waals surface area contributed by atoms with E-state index in [4.69, 9.17) is 23.2 Å². The Morgan fingerprint density at radius 1 is 0.744 bits per heavy atom. The monoisotopic (exact) mass is 704 g/mol. The largest absolute Gasteiger partial charge is 0.301 e. The van der Waals surface area contributed by atoms with Crippen LogP contribution in [-0.4, -0.2) is 80.2 Å². The summed E-state index contributed by atoms with van der Waals surface area (Å²) in [6.07, 6.45) is 0.477. The van der Waals surface area contributed by atoms with Gasteiger partial charge in [0.05, 0.1) is 29.3 Å². The number of thioether (sulfide) groups is 2. The molecule has 0 aromatic carbocycles. The Labute approximate surface area is 270 Å². The van der Waals surface area contributed by atoms with E-state index in [9.17, 15) is 19.2 Å². The second-order valence-corrected chi connectivity index (χ2v) is 12.7. The Morgan fingerprint density at radius 2 is 1.16 bits per heavy atom. The molecule has 0 saturated heterocycles. The van der Waals surface area contributed by atoms with Crippen LogP contribution in [0, 0.1) is 0 Å². The molecule has 4 aromatic rings. The van der Waals surface area contributed by atoms with Gasteiger partial charge in [-0.05, 0) is 0 Å². The lowest BCUT2D eigenvalue weighted by Gasteiger charge is -2.10. The molecule has 4 heterocycles. The summed E-state index contributed by atoms with van der Waals surface area (Å²) in [5, 5.41) is 27.5. The van der Waals surface area contributed by atoms with Crippen molar-refractivity contribution in [3.63, 3.8) is 0 Å². The van der Waals surface area contributed by atoms with Gasteiger partial charge in [0.25, 0.3) is 0 Å². The van der Waals surface area contributed by atoms with Crippen molar-refractivity contribution in [1.82, 2.24) is 39.7 Å². The van der Waals surface area contributed by atoms with Gasteiger partial charge in [0.15, 0.2) is 21.9 Å². The molecule has 228 valence electrons. The predicted molar refractivity (Wildman–Crippen MR) is 165 cm³/mol. The summed E-state index contributed by atoms with van der Waals surface area (Å²) in [6, 6.07) is 0. The highest BCUT2D eigenvalue weighted by Gasteiger charge is 2.19. The van der Waals surface area contributed by atoms with Gasteiger partial charge in [0.2, 0.25) is 33.9 Å². The maximum Gasteiger partial charge on any atom is 0.241 e. The Morgan fingerprint density at radius 3 is 1.53 bits per heavy atom. The molecule has 0 spiro atoms. The van der Waals surface area contributed by atoms with Crippen LogP contribution in [0.25, 0.3) is 0 Å². The van der Waals surface area contributed by atoms with Crippen LogP contribution in [0.15, 0.2) is 21.1 Å². The maximum absolute atomic E-state index is 11.9. The van der Waals surface area contributed by atoms with Gasteiger partial charge in [-0.1, -0.05) is 23.5 Å². The highest BCUT2D eigenvalue weighted by atomic mass is 35.5. The van der Waals surface area contributed by atoms with E-state index >= 15 is 0 Å². The van der Waals surface area contributed by atoms with Crippen LogP contribution in [0.2, 0.25) is 0 Å². The third kappa shape index (κ3) is 9.34. The summed E-state index contributed by atoms with van der Waals surface area (Å²) in [4.78, 5) is 55.6. The quantitative estimate of drug-likeness (QED) is 0.0849. The number of carbonyl (C=O) groups is 4. The summed E-state index contributed by atoms with van der Waals surface area (Å²) in [6.45, 7) is 2.73. The smallest absolute Gasteiger partial charge is 0.241 e. The molecule has 0 aliphatic rings. The standard InChI is InChI=1S/C21H22Cl2N12O4S4/c1-10(36)32-34-14(3-12-7-40-18(24-12)26-16(38)5-22)28-30-20(34)42-9-43-21-31-29-15(35(21)33-11(2)37)4-13-8-41-19(25-13)27-17(39)6-23/h7-8H,3-6,9H2,1-2H3,(H,32,36)(H,33,37)(H,24,26,38)(H,25,27,39). The normalized spacial score (nSPS) is 10.9. The van der Waals surface area contributed by atoms with Crippen molar-refractivity contribution in [3.8, 4) is 0 Å². The van der Waals surface area contributed by atoms with E-state index in [-0.39, 0.29) is 48.2 Å². The number of anilines is 2. The maximum atomic E-state index is 11.9. The van der Waals surface area contributed by atoms with Gasteiger partial charge >= 0.3 is 0 Å². The number of aromatic nitrogens is 8. The molecule has 0 saturated carbocycles. The average molecular weight is 706 g/mol. The summed E-state index contributed by atoms with van der Waals surface area (Å²) in [5.74, 6) is -0.906. The van der Waals surface area contributed by atoms with Crippen LogP contribution in [0.5, 0.6) is 0 Å². The van der Waals surface area contributed by atoms with Gasteiger partial charge in [-0.2, -0.15) is 0 Å². The summed E-state index contributed by atoms with van der Waals surface area (Å²) in [5.41, 5.74) is 6.64. The Bertz CT molecular complexity index is 1500. The van der Waals surface area contributed by atoms with Gasteiger partial charge in [0, 0.05) is 24.6 Å². The minimum absolute atomic E-state index is 0.185. The van der Waals surface area contributed by atoms with Crippen LogP contribution in [0.4, 0.5) is 10.3 Å². The number of thiazole rings is 2. The number of nitrogens with one attached hydrogen (secondary N) is 4. The number of alkyl halides is 2. The number of nitrogens with zero attached hydrogens (tertiary/aromatic N) is 8. The highest BCUT2D eigenvalue weighted by Crippen LogP contribution is 2.27. The molecule has 0 fully saturated rings. The fraction of sp³-hybridized carbons (Fsp3) is 0.333. The fourth-order valence-corrected chi connectivity index (χ4v) is 6.63. The first kappa shape index (κ1) is 32.6. The summed E-state index contributed by atoms with van der Waals surface area (Å²) < 4.78 is 2.94. The summed E-state index contributed by atoms with van der Waals surface area (Å²) >= 11 is 16.1. The zero-order chi connectivity index (χ0) is 30.9. The number of hydrogen-bond acceptors (Lipinski definition) is 14. The Hall–Kier alpha value is -3.30. The molecule has 4 amide bonds. The van der Waals surface area contributed by atoms with E-state index < -0.39 is 0 Å². The number of rotatable bonds is 14. The van der Waals surface area contributed by atoms with Gasteiger partial charge in [0.1, 0.15) is 11.8 Å². The lowest BCUT2D eigenvalue weighted by Crippen LogP contribution is -2.23. The summed E-state index contributed by atoms with van der Waals surface area (Å²) in [7, 11) is 0. The first-order chi connectivity index (χ1) is 20.6. The molecular weight excluding hydrogens is 683 g/mol. The van der Waals surface area contributed by atoms with Crippen molar-refractivity contribution < 1.29 is 19.2 Å². The minimum Gasteiger partial charge on any atom is -0.301 e. The molecule has 0 bridgehead atoms. The van der Waals surface area contributed by atoms with E-state index in [1.165, 1.54) is 69.4 Å². The van der Waals surface area contributed by atoms with Gasteiger partial charge in [-0.25, -0.2) is 19.3 Å². The van der Waals surface area contributed by atoms with Gasteiger partial charge in [-0.15, -0.1) is 66.3 Å². The first-order valence-electron chi connectivity index (χ1n) is 11.9. The van der Waals surface area contributed by atoms with Crippen LogP contribution < -0.4 is 21.5 Å². The molecule has 0 atom stereocenters. The van der Waals surface area contributed by atoms with E-state index in [0.717, 1.165) is 0 Å². The van der Waals surface area contributed by atoms with E-state index in [1.54, 1.807) is 10.8 Å². The molecule has 0 unspecified atom stereocenters. The molecule has 4 rings (SSSR count). The predicted octanol–water partition coefficient (Wildman–Crippen LogP) is 2.34. The third-order valence-electron chi connectivity index (χ3n) is 4.83. The van der Waals surface area contributed by atoms with Crippen LogP contribution in [0.3, 0.4) is 0 Å². The van der Waals surface area contributed by atoms with E-state index in [2.05, 4.69) is 51.8 Å². The van der Waals surface area contributed by atoms with Gasteiger partial charge < -0.3 is 10.6 Å². The molecule has 43 heavy (non-hydrogen) atoms. The molecule has 0 radical (unpaired) electrons. The Balaban J connectivity index is 1.44. The number of amides is 4. The van der Waals surface area contributed by atoms with Crippen molar-refractivity contribution in [3.05, 3.63) is 33.8 Å². The fourth-order valence-electron chi connectivity index (χ4n) is 3.21. The van der Waals surface area contributed by atoms with Crippen LogP contribution in [-0.2, 0) is 32.0 Å². The second-order valence-electron chi connectivity index (χ2n) is 8.22. The van der Waals surface area contributed by atoms with Crippen molar-refractivity contribution in [1.29, 1.82) is 0 Å². The molecular formula is C21H22Cl2N12O4S4. The number of halogens is 2. The average Bonchev–Trinajstić information content (AvgIpc) is 3.75. The zero-order valence-corrected chi connectivity index (χ0v) is 27.1. The lowest BCUT2D eigenvalue weighted by molar-refractivity contribution is -0.116. The molecule has 4 N–H and O–H groups in total. The number of carbonyl (C=O) groups excluding carboxylic acids is 4. The molecule has 22 heteroatoms. The zero-order valence-electron chi connectivity index (χ0n) is 22.3. The minimum atomic E-state index is -0.369. The highest BCUT2D eigenvalue weighted by molar-refractivity contribution is 8.15. The van der Waals surface area contributed by atoms with Crippen molar-refractivity contribution in [2.45, 2.75) is 37.0 Å². The van der Waals surface area contributed by atoms with Gasteiger partial charge in [-0.3, -0.25) is 30.0 Å². The van der Waals surface area contributed by atoms with Crippen molar-refractivity contribution in [2.24, 2.45) is 0 Å². The second kappa shape index (κ2) is 15.4. The van der Waals surface area contributed by atoms with Crippen LogP contribution >= 0.6 is 69.4 Å².